The number of carbonyl (C=O) groups is 1. The number of halogens is 1. The first kappa shape index (κ1) is 16.3. The van der Waals surface area contributed by atoms with E-state index in [4.69, 9.17) is 9.47 Å². The summed E-state index contributed by atoms with van der Waals surface area (Å²) in [4.78, 5) is 14.5. The van der Waals surface area contributed by atoms with Gasteiger partial charge in [0.1, 0.15) is 5.75 Å². The molecular formula is C15H20BrNO4. The van der Waals surface area contributed by atoms with Gasteiger partial charge in [-0.15, -0.1) is 0 Å². The Morgan fingerprint density at radius 2 is 2.29 bits per heavy atom. The van der Waals surface area contributed by atoms with Gasteiger partial charge in [0, 0.05) is 17.6 Å². The summed E-state index contributed by atoms with van der Waals surface area (Å²) in [5.74, 6) is 0.531. The zero-order valence-corrected chi connectivity index (χ0v) is 14.0. The summed E-state index contributed by atoms with van der Waals surface area (Å²) >= 11 is 3.40. The molecule has 1 saturated heterocycles. The Morgan fingerprint density at radius 1 is 1.57 bits per heavy atom. The van der Waals surface area contributed by atoms with Crippen LogP contribution in [0.1, 0.15) is 24.2 Å². The quantitative estimate of drug-likeness (QED) is 0.899. The number of aliphatic hydroxyl groups is 1. The first-order valence-electron chi connectivity index (χ1n) is 6.78. The Hall–Kier alpha value is -1.11. The number of ether oxygens (including phenoxy) is 2. The van der Waals surface area contributed by atoms with Gasteiger partial charge in [-0.05, 0) is 48.0 Å². The van der Waals surface area contributed by atoms with Crippen LogP contribution >= 0.6 is 15.9 Å². The van der Waals surface area contributed by atoms with E-state index in [1.165, 1.54) is 0 Å². The molecule has 1 unspecified atom stereocenters. The van der Waals surface area contributed by atoms with Gasteiger partial charge in [-0.1, -0.05) is 0 Å². The van der Waals surface area contributed by atoms with Crippen molar-refractivity contribution in [2.24, 2.45) is 0 Å². The van der Waals surface area contributed by atoms with Crippen LogP contribution in [0.25, 0.3) is 0 Å². The lowest BCUT2D eigenvalue weighted by atomic mass is 10.0. The fraction of sp³-hybridized carbons (Fsp3) is 0.533. The molecule has 0 radical (unpaired) electrons. The van der Waals surface area contributed by atoms with Gasteiger partial charge in [0.25, 0.3) is 5.91 Å². The zero-order chi connectivity index (χ0) is 15.6. The molecule has 1 aliphatic heterocycles. The fourth-order valence-electron chi connectivity index (χ4n) is 2.51. The van der Waals surface area contributed by atoms with Crippen LogP contribution in [0.5, 0.6) is 5.75 Å². The summed E-state index contributed by atoms with van der Waals surface area (Å²) in [6.45, 7) is 4.58. The van der Waals surface area contributed by atoms with Crippen molar-refractivity contribution in [1.82, 2.24) is 4.90 Å². The van der Waals surface area contributed by atoms with Crippen LogP contribution in [0.4, 0.5) is 0 Å². The molecule has 1 heterocycles. The van der Waals surface area contributed by atoms with Gasteiger partial charge in [0.15, 0.2) is 0 Å². The highest BCUT2D eigenvalue weighted by atomic mass is 79.9. The highest BCUT2D eigenvalue weighted by Gasteiger charge is 2.36. The minimum Gasteiger partial charge on any atom is -0.497 e. The molecule has 1 aliphatic rings. The van der Waals surface area contributed by atoms with Crippen LogP contribution < -0.4 is 4.74 Å². The second kappa shape index (κ2) is 6.34. The van der Waals surface area contributed by atoms with Crippen LogP contribution in [-0.4, -0.2) is 54.4 Å². The average molecular weight is 358 g/mol. The molecule has 1 N–H and O–H groups in total. The molecule has 0 bridgehead atoms. The summed E-state index contributed by atoms with van der Waals surface area (Å²) in [6, 6.07) is 5.30. The lowest BCUT2D eigenvalue weighted by molar-refractivity contribution is -0.139. The number of amides is 1. The first-order chi connectivity index (χ1) is 9.86. The van der Waals surface area contributed by atoms with Gasteiger partial charge in [0.05, 0.1) is 31.0 Å². The fourth-order valence-corrected chi connectivity index (χ4v) is 2.93. The van der Waals surface area contributed by atoms with Gasteiger partial charge in [-0.25, -0.2) is 0 Å². The number of benzene rings is 1. The summed E-state index contributed by atoms with van der Waals surface area (Å²) in [5.41, 5.74) is 0.0656. The maximum atomic E-state index is 12.7. The highest BCUT2D eigenvalue weighted by molar-refractivity contribution is 9.10. The van der Waals surface area contributed by atoms with E-state index < -0.39 is 5.60 Å². The van der Waals surface area contributed by atoms with E-state index in [2.05, 4.69) is 15.9 Å². The lowest BCUT2D eigenvalue weighted by Crippen LogP contribution is -2.55. The molecule has 1 atom stereocenters. The largest absolute Gasteiger partial charge is 0.497 e. The van der Waals surface area contributed by atoms with E-state index in [1.54, 1.807) is 30.2 Å². The third kappa shape index (κ3) is 3.75. The van der Waals surface area contributed by atoms with Gasteiger partial charge in [-0.2, -0.15) is 0 Å². The number of morpholine rings is 1. The van der Waals surface area contributed by atoms with E-state index in [9.17, 15) is 9.90 Å². The standard InChI is InChI=1S/C15H20BrNO4/c1-15(2)9-17(7-11(8-18)21-15)14(19)12-6-10(20-3)4-5-13(12)16/h4-6,11,18H,7-9H2,1-3H3. The second-order valence-electron chi connectivity index (χ2n) is 5.71. The molecule has 1 aromatic rings. The maximum Gasteiger partial charge on any atom is 0.255 e. The first-order valence-corrected chi connectivity index (χ1v) is 7.57. The summed E-state index contributed by atoms with van der Waals surface area (Å²) < 4.78 is 11.6. The summed E-state index contributed by atoms with van der Waals surface area (Å²) in [5, 5.41) is 9.34. The van der Waals surface area contributed by atoms with Crippen molar-refractivity contribution in [2.45, 2.75) is 25.6 Å². The molecule has 6 heteroatoms. The molecule has 0 aromatic heterocycles. The van der Waals surface area contributed by atoms with E-state index in [0.717, 1.165) is 4.47 Å². The average Bonchev–Trinajstić information content (AvgIpc) is 2.45. The van der Waals surface area contributed by atoms with Crippen molar-refractivity contribution < 1.29 is 19.4 Å². The third-order valence-electron chi connectivity index (χ3n) is 3.38. The molecule has 2 rings (SSSR count). The maximum absolute atomic E-state index is 12.7. The molecule has 21 heavy (non-hydrogen) atoms. The SMILES string of the molecule is COc1ccc(Br)c(C(=O)N2CC(CO)OC(C)(C)C2)c1. The summed E-state index contributed by atoms with van der Waals surface area (Å²) in [7, 11) is 1.57. The molecule has 0 saturated carbocycles. The number of hydrogen-bond donors (Lipinski definition) is 1. The molecule has 1 aromatic carbocycles. The number of nitrogens with zero attached hydrogens (tertiary/aromatic N) is 1. The molecular weight excluding hydrogens is 338 g/mol. The topological polar surface area (TPSA) is 59.0 Å². The number of rotatable bonds is 3. The smallest absolute Gasteiger partial charge is 0.255 e. The van der Waals surface area contributed by atoms with Crippen molar-refractivity contribution in [2.75, 3.05) is 26.8 Å². The predicted octanol–water partition coefficient (Wildman–Crippen LogP) is 2.07. The summed E-state index contributed by atoms with van der Waals surface area (Å²) in [6.07, 6.45) is -0.359. The molecule has 0 aliphatic carbocycles. The van der Waals surface area contributed by atoms with E-state index in [-0.39, 0.29) is 18.6 Å². The number of carbonyl (C=O) groups excluding carboxylic acids is 1. The van der Waals surface area contributed by atoms with Crippen molar-refractivity contribution in [3.05, 3.63) is 28.2 Å². The van der Waals surface area contributed by atoms with Crippen LogP contribution in [0.2, 0.25) is 0 Å². The molecule has 1 fully saturated rings. The van der Waals surface area contributed by atoms with E-state index >= 15 is 0 Å². The molecule has 116 valence electrons. The highest BCUT2D eigenvalue weighted by Crippen LogP contribution is 2.27. The second-order valence-corrected chi connectivity index (χ2v) is 6.57. The molecule has 1 amide bonds. The lowest BCUT2D eigenvalue weighted by Gasteiger charge is -2.42. The van der Waals surface area contributed by atoms with Gasteiger partial charge < -0.3 is 19.5 Å². The van der Waals surface area contributed by atoms with Crippen LogP contribution in [0, 0.1) is 0 Å². The Bertz CT molecular complexity index is 532. The monoisotopic (exact) mass is 357 g/mol. The van der Waals surface area contributed by atoms with E-state index in [1.807, 2.05) is 13.8 Å². The minimum absolute atomic E-state index is 0.101. The number of aliphatic hydroxyl groups excluding tert-OH is 1. The Kier molecular flexibility index (Phi) is 4.91. The Morgan fingerprint density at radius 3 is 2.90 bits per heavy atom. The van der Waals surface area contributed by atoms with Crippen molar-refractivity contribution in [1.29, 1.82) is 0 Å². The van der Waals surface area contributed by atoms with Gasteiger partial charge >= 0.3 is 0 Å². The normalized spacial score (nSPS) is 21.2. The zero-order valence-electron chi connectivity index (χ0n) is 12.4. The van der Waals surface area contributed by atoms with Crippen LogP contribution in [-0.2, 0) is 4.74 Å². The number of methoxy groups -OCH3 is 1. The van der Waals surface area contributed by atoms with Crippen LogP contribution in [0.3, 0.4) is 0 Å². The van der Waals surface area contributed by atoms with Crippen LogP contribution in [0.15, 0.2) is 22.7 Å². The van der Waals surface area contributed by atoms with Crippen molar-refractivity contribution in [3.63, 3.8) is 0 Å². The minimum atomic E-state index is -0.480. The Balaban J connectivity index is 2.26. The van der Waals surface area contributed by atoms with Crippen molar-refractivity contribution in [3.8, 4) is 5.75 Å². The molecule has 5 nitrogen and oxygen atoms in total. The van der Waals surface area contributed by atoms with Crippen molar-refractivity contribution >= 4 is 21.8 Å². The Labute approximate surface area is 133 Å². The van der Waals surface area contributed by atoms with E-state index in [0.29, 0.717) is 24.4 Å². The third-order valence-corrected chi connectivity index (χ3v) is 4.07. The molecule has 0 spiro atoms. The predicted molar refractivity (Wildman–Crippen MR) is 82.6 cm³/mol. The number of hydrogen-bond acceptors (Lipinski definition) is 4. The van der Waals surface area contributed by atoms with Gasteiger partial charge in [0.2, 0.25) is 0 Å². The van der Waals surface area contributed by atoms with Gasteiger partial charge in [-0.3, -0.25) is 4.79 Å².